The highest BCUT2D eigenvalue weighted by Gasteiger charge is 2.57. The van der Waals surface area contributed by atoms with Crippen LogP contribution in [-0.4, -0.2) is 43.1 Å². The molecule has 2 aliphatic rings. The Morgan fingerprint density at radius 1 is 0.889 bits per heavy atom. The van der Waals surface area contributed by atoms with Crippen LogP contribution in [0.25, 0.3) is 0 Å². The van der Waals surface area contributed by atoms with E-state index < -0.39 is 41.7 Å². The van der Waals surface area contributed by atoms with Crippen LogP contribution < -0.4 is 0 Å². The van der Waals surface area contributed by atoms with E-state index in [0.717, 1.165) is 16.7 Å². The molecule has 0 amide bonds. The van der Waals surface area contributed by atoms with Gasteiger partial charge in [-0.05, 0) is 30.5 Å². The average Bonchev–Trinajstić information content (AvgIpc) is 3.40. The molecule has 36 heavy (non-hydrogen) atoms. The van der Waals surface area contributed by atoms with E-state index in [9.17, 15) is 10.1 Å². The van der Waals surface area contributed by atoms with Gasteiger partial charge in [0, 0.05) is 0 Å². The van der Waals surface area contributed by atoms with Gasteiger partial charge >= 0.3 is 0 Å². The fraction of sp³-hybridized carbons (Fsp3) is 0.333. The number of carbonyl (C=O) groups excluding carboxylic acids is 1. The molecule has 184 valence electrons. The van der Waals surface area contributed by atoms with Crippen LogP contribution in [0, 0.1) is 17.2 Å². The van der Waals surface area contributed by atoms with Gasteiger partial charge in [-0.1, -0.05) is 91.0 Å². The molecule has 0 bridgehead atoms. The molecule has 3 aromatic rings. The number of carbonyl (C=O) groups is 1. The van der Waals surface area contributed by atoms with Crippen LogP contribution in [0.3, 0.4) is 0 Å². The van der Waals surface area contributed by atoms with Gasteiger partial charge in [-0.2, -0.15) is 5.26 Å². The molecule has 0 aliphatic carbocycles. The summed E-state index contributed by atoms with van der Waals surface area (Å²) in [6.07, 6.45) is -1.66. The molecule has 6 heteroatoms. The van der Waals surface area contributed by atoms with Crippen molar-refractivity contribution in [3.05, 3.63) is 108 Å². The summed E-state index contributed by atoms with van der Waals surface area (Å²) in [6.45, 7) is 3.81. The Bertz CT molecular complexity index is 1110. The minimum absolute atomic E-state index is 0.160. The fourth-order valence-corrected chi connectivity index (χ4v) is 5.30. The SMILES string of the molecule is CC1(C)O[C@@H]2[C@@H](COC(c3ccccc3)(c3ccccc3)c3ccccc3)OC(C(C#N)C=O)[C@@H]2O1. The van der Waals surface area contributed by atoms with Crippen molar-refractivity contribution >= 4 is 6.29 Å². The Kier molecular flexibility index (Phi) is 6.74. The highest BCUT2D eigenvalue weighted by atomic mass is 16.8. The van der Waals surface area contributed by atoms with E-state index in [4.69, 9.17) is 18.9 Å². The summed E-state index contributed by atoms with van der Waals surface area (Å²) in [5, 5.41) is 9.54. The van der Waals surface area contributed by atoms with Gasteiger partial charge in [-0.15, -0.1) is 0 Å². The highest BCUT2D eigenvalue weighted by molar-refractivity contribution is 5.59. The lowest BCUT2D eigenvalue weighted by Crippen LogP contribution is -2.39. The second-order valence-electron chi connectivity index (χ2n) is 9.59. The zero-order valence-electron chi connectivity index (χ0n) is 20.3. The molecular formula is C30H29NO5. The third-order valence-electron chi connectivity index (χ3n) is 6.84. The largest absolute Gasteiger partial charge is 0.365 e. The Morgan fingerprint density at radius 3 is 1.81 bits per heavy atom. The predicted molar refractivity (Wildman–Crippen MR) is 133 cm³/mol. The quantitative estimate of drug-likeness (QED) is 0.344. The van der Waals surface area contributed by atoms with Gasteiger partial charge in [0.25, 0.3) is 0 Å². The van der Waals surface area contributed by atoms with Crippen molar-refractivity contribution in [2.45, 2.75) is 49.7 Å². The standard InChI is InChI=1S/C30H29NO5/c1-29(2)35-27-25(34-26(28(27)36-29)21(18-31)19-32)20-33-30(22-12-6-3-7-13-22,23-14-8-4-9-15-23)24-16-10-5-11-17-24/h3-17,19,21,25-28H,20H2,1-2H3/t21?,25-,26?,27-,28+/m1/s1. The number of fused-ring (bicyclic) bond motifs is 1. The van der Waals surface area contributed by atoms with Crippen molar-refractivity contribution < 1.29 is 23.7 Å². The minimum Gasteiger partial charge on any atom is -0.365 e. The van der Waals surface area contributed by atoms with E-state index in [2.05, 4.69) is 36.4 Å². The van der Waals surface area contributed by atoms with Gasteiger partial charge in [0.05, 0.1) is 12.7 Å². The molecule has 6 nitrogen and oxygen atoms in total. The van der Waals surface area contributed by atoms with Crippen LogP contribution >= 0.6 is 0 Å². The molecule has 0 N–H and O–H groups in total. The van der Waals surface area contributed by atoms with E-state index in [1.807, 2.05) is 74.5 Å². The number of rotatable bonds is 8. The van der Waals surface area contributed by atoms with Gasteiger partial charge in [-0.3, -0.25) is 0 Å². The van der Waals surface area contributed by atoms with Gasteiger partial charge in [0.2, 0.25) is 0 Å². The summed E-state index contributed by atoms with van der Waals surface area (Å²) in [6, 6.07) is 32.3. The average molecular weight is 484 g/mol. The monoisotopic (exact) mass is 483 g/mol. The first kappa shape index (κ1) is 24.4. The van der Waals surface area contributed by atoms with Crippen molar-refractivity contribution in [2.75, 3.05) is 6.61 Å². The first-order valence-corrected chi connectivity index (χ1v) is 12.1. The van der Waals surface area contributed by atoms with Crippen LogP contribution in [0.15, 0.2) is 91.0 Å². The van der Waals surface area contributed by atoms with E-state index in [1.165, 1.54) is 0 Å². The molecule has 2 heterocycles. The van der Waals surface area contributed by atoms with Gasteiger partial charge in [0.15, 0.2) is 5.79 Å². The van der Waals surface area contributed by atoms with Crippen LogP contribution in [0.5, 0.6) is 0 Å². The molecule has 0 spiro atoms. The van der Waals surface area contributed by atoms with E-state index >= 15 is 0 Å². The number of hydrogen-bond acceptors (Lipinski definition) is 6. The fourth-order valence-electron chi connectivity index (χ4n) is 5.30. The molecule has 0 saturated carbocycles. The normalized spacial score (nSPS) is 25.6. The van der Waals surface area contributed by atoms with Crippen LogP contribution in [0.2, 0.25) is 0 Å². The minimum atomic E-state index is -0.956. The molecule has 2 aliphatic heterocycles. The molecule has 0 aromatic heterocycles. The Hall–Kier alpha value is -3.34. The van der Waals surface area contributed by atoms with Gasteiger partial charge in [0.1, 0.15) is 42.2 Å². The van der Waals surface area contributed by atoms with Gasteiger partial charge < -0.3 is 23.7 Å². The number of nitriles is 1. The number of benzene rings is 3. The van der Waals surface area contributed by atoms with Crippen molar-refractivity contribution in [1.82, 2.24) is 0 Å². The lowest BCUT2D eigenvalue weighted by molar-refractivity contribution is -0.198. The van der Waals surface area contributed by atoms with Crippen molar-refractivity contribution in [3.63, 3.8) is 0 Å². The Balaban J connectivity index is 1.55. The first-order valence-electron chi connectivity index (χ1n) is 12.1. The molecule has 5 rings (SSSR count). The number of aldehydes is 1. The summed E-state index contributed by atoms with van der Waals surface area (Å²) >= 11 is 0. The van der Waals surface area contributed by atoms with E-state index in [1.54, 1.807) is 0 Å². The molecule has 3 aromatic carbocycles. The maximum absolute atomic E-state index is 11.6. The van der Waals surface area contributed by atoms with Crippen LogP contribution in [-0.2, 0) is 29.3 Å². The Labute approximate surface area is 211 Å². The van der Waals surface area contributed by atoms with Crippen molar-refractivity contribution in [3.8, 4) is 6.07 Å². The second-order valence-corrected chi connectivity index (χ2v) is 9.59. The number of nitrogens with zero attached hydrogens (tertiary/aromatic N) is 1. The summed E-state index contributed by atoms with van der Waals surface area (Å²) in [5.41, 5.74) is 2.00. The third-order valence-corrected chi connectivity index (χ3v) is 6.84. The lowest BCUT2D eigenvalue weighted by Gasteiger charge is -2.37. The molecule has 2 unspecified atom stereocenters. The lowest BCUT2D eigenvalue weighted by atomic mass is 9.80. The molecule has 5 atom stereocenters. The molecule has 2 saturated heterocycles. The topological polar surface area (TPSA) is 77.8 Å². The summed E-state index contributed by atoms with van der Waals surface area (Å²) < 4.78 is 25.4. The third kappa shape index (κ3) is 4.36. The van der Waals surface area contributed by atoms with E-state index in [0.29, 0.717) is 6.29 Å². The van der Waals surface area contributed by atoms with Crippen molar-refractivity contribution in [2.24, 2.45) is 5.92 Å². The van der Waals surface area contributed by atoms with E-state index in [-0.39, 0.29) is 6.61 Å². The van der Waals surface area contributed by atoms with Gasteiger partial charge in [-0.25, -0.2) is 0 Å². The first-order chi connectivity index (χ1) is 17.5. The number of ether oxygens (including phenoxy) is 4. The molecule has 0 radical (unpaired) electrons. The zero-order chi connectivity index (χ0) is 25.2. The Morgan fingerprint density at radius 2 is 1.36 bits per heavy atom. The molecule has 2 fully saturated rings. The van der Waals surface area contributed by atoms with Crippen molar-refractivity contribution in [1.29, 1.82) is 5.26 Å². The summed E-state index contributed by atoms with van der Waals surface area (Å²) in [7, 11) is 0. The predicted octanol–water partition coefficient (Wildman–Crippen LogP) is 4.62. The maximum Gasteiger partial charge on any atom is 0.164 e. The summed E-state index contributed by atoms with van der Waals surface area (Å²) in [5.74, 6) is -1.81. The maximum atomic E-state index is 11.6. The molecular weight excluding hydrogens is 454 g/mol. The zero-order valence-corrected chi connectivity index (χ0v) is 20.3. The highest BCUT2D eigenvalue weighted by Crippen LogP contribution is 2.44. The smallest absolute Gasteiger partial charge is 0.164 e. The van der Waals surface area contributed by atoms with Crippen LogP contribution in [0.1, 0.15) is 30.5 Å². The number of hydrogen-bond donors (Lipinski definition) is 0. The second kappa shape index (κ2) is 9.96. The summed E-state index contributed by atoms with van der Waals surface area (Å²) in [4.78, 5) is 11.6. The van der Waals surface area contributed by atoms with Crippen LogP contribution in [0.4, 0.5) is 0 Å².